The highest BCUT2D eigenvalue weighted by molar-refractivity contribution is 5.91. The second-order valence-electron chi connectivity index (χ2n) is 6.57. The Labute approximate surface area is 147 Å². The molecule has 25 heavy (non-hydrogen) atoms. The van der Waals surface area contributed by atoms with E-state index in [9.17, 15) is 9.59 Å². The smallest absolute Gasteiger partial charge is 0.332 e. The van der Waals surface area contributed by atoms with E-state index in [2.05, 4.69) is 5.16 Å². The van der Waals surface area contributed by atoms with Crippen LogP contribution in [0.15, 0.2) is 28.8 Å². The van der Waals surface area contributed by atoms with Gasteiger partial charge in [-0.1, -0.05) is 36.6 Å². The molecule has 0 unspecified atom stereocenters. The van der Waals surface area contributed by atoms with Crippen LogP contribution in [0.4, 0.5) is 0 Å². The van der Waals surface area contributed by atoms with Gasteiger partial charge in [-0.05, 0) is 31.9 Å². The van der Waals surface area contributed by atoms with Gasteiger partial charge in [0.05, 0.1) is 13.0 Å². The Balaban J connectivity index is 1.82. The number of carbonyl (C=O) groups is 2. The molecule has 0 aliphatic heterocycles. The molecule has 134 valence electrons. The van der Waals surface area contributed by atoms with Crippen molar-refractivity contribution in [2.75, 3.05) is 13.7 Å². The predicted octanol–water partition coefficient (Wildman–Crippen LogP) is 3.09. The highest BCUT2D eigenvalue weighted by atomic mass is 16.5. The molecule has 0 bridgehead atoms. The lowest BCUT2D eigenvalue weighted by Crippen LogP contribution is -2.57. The normalized spacial score (nSPS) is 16.6. The van der Waals surface area contributed by atoms with Crippen molar-refractivity contribution in [2.24, 2.45) is 0 Å². The molecule has 1 aromatic carbocycles. The molecule has 1 saturated carbocycles. The van der Waals surface area contributed by atoms with E-state index in [4.69, 9.17) is 9.26 Å². The topological polar surface area (TPSA) is 72.6 Å². The molecule has 3 rings (SSSR count). The standard InChI is InChI=1S/C19H24N2O4/c1-3-24-18(23)19(11-7-4-8-12-19)21(2)17(22)13-15-14-9-5-6-10-16(14)25-20-15/h5-6,9-10H,3-4,7-8,11-13H2,1-2H3. The minimum absolute atomic E-state index is 0.106. The number of para-hydroxylation sites is 1. The van der Waals surface area contributed by atoms with Crippen molar-refractivity contribution in [2.45, 2.75) is 51.0 Å². The highest BCUT2D eigenvalue weighted by Gasteiger charge is 2.46. The molecule has 6 heteroatoms. The Kier molecular flexibility index (Phi) is 5.06. The molecule has 0 N–H and O–H groups in total. The summed E-state index contributed by atoms with van der Waals surface area (Å²) >= 11 is 0. The second-order valence-corrected chi connectivity index (χ2v) is 6.57. The fraction of sp³-hybridized carbons (Fsp3) is 0.526. The van der Waals surface area contributed by atoms with Gasteiger partial charge in [0.1, 0.15) is 11.2 Å². The average Bonchev–Trinajstić information content (AvgIpc) is 3.05. The van der Waals surface area contributed by atoms with Crippen LogP contribution >= 0.6 is 0 Å². The molecule has 0 spiro atoms. The molecule has 1 aliphatic carbocycles. The van der Waals surface area contributed by atoms with Crippen molar-refractivity contribution < 1.29 is 18.8 Å². The first-order valence-corrected chi connectivity index (χ1v) is 8.85. The van der Waals surface area contributed by atoms with Crippen LogP contribution in [-0.2, 0) is 20.7 Å². The van der Waals surface area contributed by atoms with Crippen molar-refractivity contribution in [3.8, 4) is 0 Å². The molecular formula is C19H24N2O4. The van der Waals surface area contributed by atoms with Crippen molar-refractivity contribution in [1.29, 1.82) is 0 Å². The maximum atomic E-state index is 12.9. The van der Waals surface area contributed by atoms with Gasteiger partial charge in [-0.3, -0.25) is 4.79 Å². The summed E-state index contributed by atoms with van der Waals surface area (Å²) in [5, 5.41) is 4.86. The van der Waals surface area contributed by atoms with E-state index in [1.54, 1.807) is 18.9 Å². The Morgan fingerprint density at radius 1 is 1.24 bits per heavy atom. The molecule has 1 heterocycles. The lowest BCUT2D eigenvalue weighted by Gasteiger charge is -2.42. The van der Waals surface area contributed by atoms with Gasteiger partial charge < -0.3 is 14.2 Å². The van der Waals surface area contributed by atoms with Crippen LogP contribution in [-0.4, -0.2) is 41.1 Å². The fourth-order valence-corrected chi connectivity index (χ4v) is 3.64. The molecule has 1 aliphatic rings. The first kappa shape index (κ1) is 17.5. The third kappa shape index (κ3) is 3.25. The fourth-order valence-electron chi connectivity index (χ4n) is 3.64. The van der Waals surface area contributed by atoms with Crippen LogP contribution < -0.4 is 0 Å². The zero-order chi connectivity index (χ0) is 17.9. The van der Waals surface area contributed by atoms with Crippen LogP contribution in [0.1, 0.15) is 44.7 Å². The third-order valence-corrected chi connectivity index (χ3v) is 5.12. The quantitative estimate of drug-likeness (QED) is 0.779. The first-order chi connectivity index (χ1) is 12.1. The molecule has 0 saturated heterocycles. The number of nitrogens with zero attached hydrogens (tertiary/aromatic N) is 2. The number of hydrogen-bond donors (Lipinski definition) is 0. The van der Waals surface area contributed by atoms with Crippen LogP contribution in [0, 0.1) is 0 Å². The maximum Gasteiger partial charge on any atom is 0.332 e. The number of hydrogen-bond acceptors (Lipinski definition) is 5. The van der Waals surface area contributed by atoms with Gasteiger partial charge in [0.15, 0.2) is 5.58 Å². The summed E-state index contributed by atoms with van der Waals surface area (Å²) in [7, 11) is 1.70. The minimum atomic E-state index is -0.856. The van der Waals surface area contributed by atoms with Gasteiger partial charge in [-0.25, -0.2) is 4.79 Å². The van der Waals surface area contributed by atoms with Crippen molar-refractivity contribution in [1.82, 2.24) is 10.1 Å². The Morgan fingerprint density at radius 3 is 2.68 bits per heavy atom. The number of esters is 1. The van der Waals surface area contributed by atoms with E-state index in [1.807, 2.05) is 24.3 Å². The van der Waals surface area contributed by atoms with E-state index in [1.165, 1.54) is 0 Å². The Bertz CT molecular complexity index is 762. The van der Waals surface area contributed by atoms with E-state index >= 15 is 0 Å². The van der Waals surface area contributed by atoms with Crippen molar-refractivity contribution in [3.05, 3.63) is 30.0 Å². The molecule has 0 radical (unpaired) electrons. The summed E-state index contributed by atoms with van der Waals surface area (Å²) in [4.78, 5) is 27.1. The maximum absolute atomic E-state index is 12.9. The predicted molar refractivity (Wildman–Crippen MR) is 92.9 cm³/mol. The van der Waals surface area contributed by atoms with Gasteiger partial charge in [0, 0.05) is 12.4 Å². The molecule has 0 atom stereocenters. The summed E-state index contributed by atoms with van der Waals surface area (Å²) in [5.41, 5.74) is 0.401. The van der Waals surface area contributed by atoms with Gasteiger partial charge >= 0.3 is 5.97 Å². The molecule has 1 aromatic heterocycles. The van der Waals surface area contributed by atoms with Gasteiger partial charge in [-0.15, -0.1) is 0 Å². The summed E-state index contributed by atoms with van der Waals surface area (Å²) in [6.45, 7) is 2.11. The molecule has 1 amide bonds. The van der Waals surface area contributed by atoms with Crippen LogP contribution in [0.5, 0.6) is 0 Å². The Morgan fingerprint density at radius 2 is 1.96 bits per heavy atom. The van der Waals surface area contributed by atoms with Gasteiger partial charge in [0.2, 0.25) is 5.91 Å². The number of carbonyl (C=O) groups excluding carboxylic acids is 2. The summed E-state index contributed by atoms with van der Waals surface area (Å²) in [6, 6.07) is 7.46. The van der Waals surface area contributed by atoms with Crippen LogP contribution in [0.25, 0.3) is 11.0 Å². The number of amides is 1. The summed E-state index contributed by atoms with van der Waals surface area (Å²) < 4.78 is 10.6. The van der Waals surface area contributed by atoms with Gasteiger partial charge in [-0.2, -0.15) is 0 Å². The van der Waals surface area contributed by atoms with Crippen LogP contribution in [0.3, 0.4) is 0 Å². The largest absolute Gasteiger partial charge is 0.464 e. The summed E-state index contributed by atoms with van der Waals surface area (Å²) in [6.07, 6.45) is 4.32. The molecule has 1 fully saturated rings. The number of benzene rings is 1. The van der Waals surface area contributed by atoms with E-state index in [0.717, 1.165) is 24.6 Å². The lowest BCUT2D eigenvalue weighted by molar-refractivity contribution is -0.165. The molecular weight excluding hydrogens is 320 g/mol. The van der Waals surface area contributed by atoms with Crippen LogP contribution in [0.2, 0.25) is 0 Å². The SMILES string of the molecule is CCOC(=O)C1(N(C)C(=O)Cc2noc3ccccc23)CCCCC1. The minimum Gasteiger partial charge on any atom is -0.464 e. The zero-order valence-corrected chi connectivity index (χ0v) is 14.8. The van der Waals surface area contributed by atoms with E-state index in [0.29, 0.717) is 30.7 Å². The van der Waals surface area contributed by atoms with Gasteiger partial charge in [0.25, 0.3) is 0 Å². The van der Waals surface area contributed by atoms with E-state index < -0.39 is 5.54 Å². The molecule has 2 aromatic rings. The zero-order valence-electron chi connectivity index (χ0n) is 14.8. The van der Waals surface area contributed by atoms with Crippen molar-refractivity contribution in [3.63, 3.8) is 0 Å². The lowest BCUT2D eigenvalue weighted by atomic mass is 9.80. The van der Waals surface area contributed by atoms with E-state index in [-0.39, 0.29) is 18.3 Å². The number of ether oxygens (including phenoxy) is 1. The second kappa shape index (κ2) is 7.25. The third-order valence-electron chi connectivity index (χ3n) is 5.12. The highest BCUT2D eigenvalue weighted by Crippen LogP contribution is 2.35. The number of rotatable bonds is 5. The first-order valence-electron chi connectivity index (χ1n) is 8.85. The Hall–Kier alpha value is -2.37. The monoisotopic (exact) mass is 344 g/mol. The number of likely N-dealkylation sites (N-methyl/N-ethyl adjacent to an activating group) is 1. The van der Waals surface area contributed by atoms with Crippen molar-refractivity contribution >= 4 is 22.8 Å². The number of aromatic nitrogens is 1. The number of fused-ring (bicyclic) bond motifs is 1. The average molecular weight is 344 g/mol. The summed E-state index contributed by atoms with van der Waals surface area (Å²) in [5.74, 6) is -0.440. The molecule has 6 nitrogen and oxygen atoms in total.